The van der Waals surface area contributed by atoms with Gasteiger partial charge in [-0.25, -0.2) is 0 Å². The van der Waals surface area contributed by atoms with Crippen LogP contribution in [-0.4, -0.2) is 5.11 Å². The molecule has 16 heavy (non-hydrogen) atoms. The molecular weight excluding hydrogens is 240 g/mol. The third-order valence-electron chi connectivity index (χ3n) is 3.76. The lowest BCUT2D eigenvalue weighted by molar-refractivity contribution is 0.0706. The molecule has 3 atom stereocenters. The second-order valence-corrected chi connectivity index (χ2v) is 6.13. The van der Waals surface area contributed by atoms with E-state index in [0.29, 0.717) is 5.92 Å². The van der Waals surface area contributed by atoms with Gasteiger partial charge in [0.25, 0.3) is 0 Å². The van der Waals surface area contributed by atoms with Gasteiger partial charge in [-0.05, 0) is 36.1 Å². The third kappa shape index (κ3) is 2.61. The third-order valence-corrected chi connectivity index (χ3v) is 5.19. The molecule has 3 unspecified atom stereocenters. The molecule has 0 spiro atoms. The number of hydrogen-bond donors (Lipinski definition) is 1. The molecule has 1 saturated carbocycles. The second kappa shape index (κ2) is 5.52. The van der Waals surface area contributed by atoms with E-state index in [1.54, 1.807) is 11.3 Å². The van der Waals surface area contributed by atoms with Crippen molar-refractivity contribution in [2.24, 2.45) is 11.8 Å². The van der Waals surface area contributed by atoms with Gasteiger partial charge in [0.15, 0.2) is 0 Å². The van der Waals surface area contributed by atoms with Gasteiger partial charge in [0, 0.05) is 0 Å². The van der Waals surface area contributed by atoms with Crippen molar-refractivity contribution in [3.8, 4) is 0 Å². The van der Waals surface area contributed by atoms with Crippen molar-refractivity contribution in [3.63, 3.8) is 0 Å². The summed E-state index contributed by atoms with van der Waals surface area (Å²) in [7, 11) is 0. The smallest absolute Gasteiger partial charge is 0.0925 e. The fourth-order valence-corrected chi connectivity index (χ4v) is 3.97. The number of aliphatic hydroxyl groups is 1. The molecule has 1 N–H and O–H groups in total. The van der Waals surface area contributed by atoms with Crippen LogP contribution in [0.3, 0.4) is 0 Å². The standard InChI is InChI=1S/C13H19ClOS/c1-2-9-4-3-5-10(8-9)12(15)13-11(14)6-7-16-13/h6-7,9-10,12,15H,2-5,8H2,1H3. The molecule has 0 bridgehead atoms. The molecule has 0 aliphatic heterocycles. The molecule has 1 fully saturated rings. The van der Waals surface area contributed by atoms with Crippen molar-refractivity contribution in [1.82, 2.24) is 0 Å². The Morgan fingerprint density at radius 2 is 2.38 bits per heavy atom. The average Bonchev–Trinajstić information content (AvgIpc) is 2.74. The molecule has 0 radical (unpaired) electrons. The van der Waals surface area contributed by atoms with Crippen LogP contribution in [-0.2, 0) is 0 Å². The first-order valence-electron chi connectivity index (χ1n) is 6.13. The number of thiophene rings is 1. The van der Waals surface area contributed by atoms with Crippen LogP contribution in [0, 0.1) is 11.8 Å². The molecule has 1 heterocycles. The topological polar surface area (TPSA) is 20.2 Å². The fraction of sp³-hybridized carbons (Fsp3) is 0.692. The summed E-state index contributed by atoms with van der Waals surface area (Å²) in [5, 5.41) is 13.0. The van der Waals surface area contributed by atoms with Crippen LogP contribution in [0.4, 0.5) is 0 Å². The molecule has 0 amide bonds. The summed E-state index contributed by atoms with van der Waals surface area (Å²) in [6.07, 6.45) is 5.78. The van der Waals surface area contributed by atoms with Crippen LogP contribution in [0.1, 0.15) is 50.0 Å². The fourth-order valence-electron chi connectivity index (χ4n) is 2.72. The van der Waals surface area contributed by atoms with Crippen LogP contribution >= 0.6 is 22.9 Å². The summed E-state index contributed by atoms with van der Waals surface area (Å²) in [4.78, 5) is 0.961. The van der Waals surface area contributed by atoms with Gasteiger partial charge in [0.05, 0.1) is 16.0 Å². The van der Waals surface area contributed by atoms with Crippen LogP contribution in [0.15, 0.2) is 11.4 Å². The normalized spacial score (nSPS) is 27.9. The van der Waals surface area contributed by atoms with E-state index in [4.69, 9.17) is 11.6 Å². The second-order valence-electron chi connectivity index (χ2n) is 4.78. The molecule has 1 aromatic rings. The Morgan fingerprint density at radius 3 is 3.00 bits per heavy atom. The van der Waals surface area contributed by atoms with E-state index in [9.17, 15) is 5.11 Å². The van der Waals surface area contributed by atoms with Crippen molar-refractivity contribution in [1.29, 1.82) is 0 Å². The Balaban J connectivity index is 2.04. The molecule has 90 valence electrons. The predicted molar refractivity (Wildman–Crippen MR) is 70.0 cm³/mol. The van der Waals surface area contributed by atoms with Crippen LogP contribution < -0.4 is 0 Å². The van der Waals surface area contributed by atoms with Gasteiger partial charge in [-0.1, -0.05) is 37.8 Å². The molecule has 2 rings (SSSR count). The monoisotopic (exact) mass is 258 g/mol. The average molecular weight is 259 g/mol. The SMILES string of the molecule is CCC1CCCC(C(O)c2sccc2Cl)C1. The zero-order valence-corrected chi connectivity index (χ0v) is 11.2. The van der Waals surface area contributed by atoms with Crippen molar-refractivity contribution < 1.29 is 5.11 Å². The Morgan fingerprint density at radius 1 is 1.56 bits per heavy atom. The summed E-state index contributed by atoms with van der Waals surface area (Å²) in [6, 6.07) is 1.88. The lowest BCUT2D eigenvalue weighted by Crippen LogP contribution is -2.20. The zero-order chi connectivity index (χ0) is 11.5. The lowest BCUT2D eigenvalue weighted by atomic mass is 9.77. The minimum Gasteiger partial charge on any atom is -0.387 e. The van der Waals surface area contributed by atoms with Gasteiger partial charge >= 0.3 is 0 Å². The molecule has 1 aliphatic carbocycles. The first kappa shape index (κ1) is 12.4. The first-order chi connectivity index (χ1) is 7.72. The van der Waals surface area contributed by atoms with E-state index in [1.165, 1.54) is 19.3 Å². The number of aliphatic hydroxyl groups excluding tert-OH is 1. The molecule has 1 nitrogen and oxygen atoms in total. The summed E-state index contributed by atoms with van der Waals surface area (Å²) < 4.78 is 0. The Labute approximate surface area is 106 Å². The molecule has 0 saturated heterocycles. The molecule has 1 aliphatic rings. The maximum absolute atomic E-state index is 10.4. The Hall–Kier alpha value is -0.0500. The summed E-state index contributed by atoms with van der Waals surface area (Å²) in [5.41, 5.74) is 0. The van der Waals surface area contributed by atoms with Crippen molar-refractivity contribution in [3.05, 3.63) is 21.3 Å². The van der Waals surface area contributed by atoms with E-state index in [2.05, 4.69) is 6.92 Å². The van der Waals surface area contributed by atoms with Gasteiger partial charge in [-0.2, -0.15) is 0 Å². The minimum absolute atomic E-state index is 0.346. The molecule has 3 heteroatoms. The summed E-state index contributed by atoms with van der Waals surface area (Å²) in [5.74, 6) is 1.21. The van der Waals surface area contributed by atoms with E-state index >= 15 is 0 Å². The minimum atomic E-state index is -0.346. The maximum Gasteiger partial charge on any atom is 0.0925 e. The van der Waals surface area contributed by atoms with Gasteiger partial charge in [-0.3, -0.25) is 0 Å². The molecule has 0 aromatic carbocycles. The Bertz CT molecular complexity index is 336. The van der Waals surface area contributed by atoms with Crippen LogP contribution in [0.25, 0.3) is 0 Å². The van der Waals surface area contributed by atoms with Gasteiger partial charge < -0.3 is 5.11 Å². The highest BCUT2D eigenvalue weighted by molar-refractivity contribution is 7.10. The van der Waals surface area contributed by atoms with Crippen LogP contribution in [0.5, 0.6) is 0 Å². The maximum atomic E-state index is 10.4. The largest absolute Gasteiger partial charge is 0.387 e. The van der Waals surface area contributed by atoms with Crippen LogP contribution in [0.2, 0.25) is 5.02 Å². The van der Waals surface area contributed by atoms with Crippen molar-refractivity contribution in [2.75, 3.05) is 0 Å². The van der Waals surface area contributed by atoms with Gasteiger partial charge in [0.1, 0.15) is 0 Å². The quantitative estimate of drug-likeness (QED) is 0.837. The number of rotatable bonds is 3. The van der Waals surface area contributed by atoms with Crippen molar-refractivity contribution >= 4 is 22.9 Å². The summed E-state index contributed by atoms with van der Waals surface area (Å²) >= 11 is 7.65. The summed E-state index contributed by atoms with van der Waals surface area (Å²) in [6.45, 7) is 2.25. The van der Waals surface area contributed by atoms with Gasteiger partial charge in [-0.15, -0.1) is 11.3 Å². The van der Waals surface area contributed by atoms with E-state index in [0.717, 1.165) is 28.7 Å². The number of halogens is 1. The zero-order valence-electron chi connectivity index (χ0n) is 9.66. The van der Waals surface area contributed by atoms with E-state index in [-0.39, 0.29) is 6.10 Å². The molecular formula is C13H19ClOS. The highest BCUT2D eigenvalue weighted by atomic mass is 35.5. The highest BCUT2D eigenvalue weighted by Crippen LogP contribution is 2.41. The van der Waals surface area contributed by atoms with E-state index < -0.39 is 0 Å². The highest BCUT2D eigenvalue weighted by Gasteiger charge is 2.29. The Kier molecular flexibility index (Phi) is 4.28. The first-order valence-corrected chi connectivity index (χ1v) is 7.39. The lowest BCUT2D eigenvalue weighted by Gasteiger charge is -2.31. The van der Waals surface area contributed by atoms with E-state index in [1.807, 2.05) is 11.4 Å². The molecule has 1 aromatic heterocycles. The number of hydrogen-bond acceptors (Lipinski definition) is 2. The van der Waals surface area contributed by atoms with Crippen molar-refractivity contribution in [2.45, 2.75) is 45.1 Å². The predicted octanol–water partition coefficient (Wildman–Crippen LogP) is 4.65. The van der Waals surface area contributed by atoms with Gasteiger partial charge in [0.2, 0.25) is 0 Å².